The van der Waals surface area contributed by atoms with Crippen LogP contribution in [0.4, 0.5) is 4.79 Å². The van der Waals surface area contributed by atoms with Crippen molar-refractivity contribution < 1.29 is 24.2 Å². The average Bonchev–Trinajstić information content (AvgIpc) is 2.90. The third-order valence-corrected chi connectivity index (χ3v) is 8.47. The smallest absolute Gasteiger partial charge is 0.438 e. The summed E-state index contributed by atoms with van der Waals surface area (Å²) in [6.45, 7) is 6.59. The Hall–Kier alpha value is -1.36. The molecule has 5 nitrogen and oxygen atoms in total. The third kappa shape index (κ3) is 2.68. The van der Waals surface area contributed by atoms with E-state index in [0.29, 0.717) is 42.8 Å². The minimum Gasteiger partial charge on any atom is -0.438 e. The van der Waals surface area contributed by atoms with Gasteiger partial charge in [0.05, 0.1) is 13.2 Å². The lowest BCUT2D eigenvalue weighted by Crippen LogP contribution is -2.58. The van der Waals surface area contributed by atoms with Gasteiger partial charge < -0.3 is 14.6 Å². The molecule has 1 N–H and O–H groups in total. The Kier molecular flexibility index (Phi) is 4.45. The van der Waals surface area contributed by atoms with Crippen molar-refractivity contribution in [2.75, 3.05) is 7.11 Å². The van der Waals surface area contributed by atoms with Gasteiger partial charge in [0.15, 0.2) is 0 Å². The molecule has 0 saturated heterocycles. The molecule has 1 unspecified atom stereocenters. The van der Waals surface area contributed by atoms with Gasteiger partial charge in [-0.05, 0) is 54.8 Å². The molecular formula is C22H32O5. The fourth-order valence-electron chi connectivity index (χ4n) is 7.15. The molecule has 27 heavy (non-hydrogen) atoms. The summed E-state index contributed by atoms with van der Waals surface area (Å²) in [6.07, 6.45) is 5.73. The molecule has 0 aliphatic heterocycles. The van der Waals surface area contributed by atoms with E-state index in [1.165, 1.54) is 12.7 Å². The van der Waals surface area contributed by atoms with E-state index in [1.54, 1.807) is 0 Å². The molecule has 3 saturated carbocycles. The summed E-state index contributed by atoms with van der Waals surface area (Å²) in [4.78, 5) is 24.1. The molecule has 0 bridgehead atoms. The van der Waals surface area contributed by atoms with Crippen molar-refractivity contribution in [3.8, 4) is 0 Å². The van der Waals surface area contributed by atoms with E-state index in [-0.39, 0.29) is 22.9 Å². The molecule has 150 valence electrons. The van der Waals surface area contributed by atoms with Gasteiger partial charge in [0, 0.05) is 18.3 Å². The third-order valence-electron chi connectivity index (χ3n) is 8.47. The maximum Gasteiger partial charge on any atom is 0.508 e. The maximum atomic E-state index is 12.6. The van der Waals surface area contributed by atoms with Crippen molar-refractivity contribution in [3.05, 3.63) is 11.6 Å². The predicted octanol–water partition coefficient (Wildman–Crippen LogP) is 3.89. The van der Waals surface area contributed by atoms with Crippen LogP contribution in [-0.2, 0) is 14.3 Å². The lowest BCUT2D eigenvalue weighted by atomic mass is 9.45. The van der Waals surface area contributed by atoms with Crippen LogP contribution >= 0.6 is 0 Å². The summed E-state index contributed by atoms with van der Waals surface area (Å²) >= 11 is 0. The fraction of sp³-hybridized carbons (Fsp3) is 0.818. The number of hydrogen-bond acceptors (Lipinski definition) is 5. The van der Waals surface area contributed by atoms with E-state index in [0.717, 1.165) is 19.3 Å². The topological polar surface area (TPSA) is 72.8 Å². The largest absolute Gasteiger partial charge is 0.508 e. The lowest BCUT2D eigenvalue weighted by molar-refractivity contribution is -0.149. The molecule has 4 aliphatic carbocycles. The number of carbonyl (C=O) groups excluding carboxylic acids is 2. The monoisotopic (exact) mass is 376 g/mol. The Balaban J connectivity index is 1.66. The first-order chi connectivity index (χ1) is 12.7. The first-order valence-electron chi connectivity index (χ1n) is 10.4. The van der Waals surface area contributed by atoms with E-state index in [1.807, 2.05) is 0 Å². The van der Waals surface area contributed by atoms with Gasteiger partial charge in [0.25, 0.3) is 0 Å². The molecule has 0 aromatic heterocycles. The van der Waals surface area contributed by atoms with E-state index >= 15 is 0 Å². The van der Waals surface area contributed by atoms with Crippen molar-refractivity contribution in [2.24, 2.45) is 34.5 Å². The Morgan fingerprint density at radius 1 is 1.26 bits per heavy atom. The van der Waals surface area contributed by atoms with Gasteiger partial charge in [-0.2, -0.15) is 0 Å². The Morgan fingerprint density at radius 3 is 2.70 bits per heavy atom. The number of aliphatic hydroxyl groups is 1. The Labute approximate surface area is 161 Å². The molecule has 0 spiro atoms. The lowest BCUT2D eigenvalue weighted by Gasteiger charge is -2.60. The minimum absolute atomic E-state index is 0.0838. The Morgan fingerprint density at radius 2 is 2.00 bits per heavy atom. The van der Waals surface area contributed by atoms with Crippen LogP contribution < -0.4 is 0 Å². The summed E-state index contributed by atoms with van der Waals surface area (Å²) < 4.78 is 10.1. The molecule has 4 aliphatic rings. The number of allylic oxidation sites excluding steroid dienone is 1. The van der Waals surface area contributed by atoms with Crippen LogP contribution in [0.1, 0.15) is 59.3 Å². The molecule has 0 heterocycles. The molecule has 0 aromatic rings. The van der Waals surface area contributed by atoms with Gasteiger partial charge in [-0.1, -0.05) is 32.4 Å². The quantitative estimate of drug-likeness (QED) is 0.555. The second-order valence-corrected chi connectivity index (χ2v) is 9.77. The number of methoxy groups -OCH3 is 1. The number of carbonyl (C=O) groups is 2. The SMILES string of the molecule is COC(=O)O[C@H]1CC[C@@]2(C)C(=C[C@H](C)[C@@H]3C2[C@H](O)C[C@]2(C)C(=O)CC[C@@H]32)C1. The van der Waals surface area contributed by atoms with Crippen LogP contribution in [-0.4, -0.2) is 36.4 Å². The molecular weight excluding hydrogens is 344 g/mol. The number of aliphatic hydroxyl groups excluding tert-OH is 1. The highest BCUT2D eigenvalue weighted by molar-refractivity contribution is 5.87. The molecule has 5 heteroatoms. The molecule has 0 radical (unpaired) electrons. The van der Waals surface area contributed by atoms with E-state index < -0.39 is 12.3 Å². The van der Waals surface area contributed by atoms with Crippen molar-refractivity contribution in [3.63, 3.8) is 0 Å². The van der Waals surface area contributed by atoms with Crippen LogP contribution in [0, 0.1) is 34.5 Å². The highest BCUT2D eigenvalue weighted by Crippen LogP contribution is 2.65. The molecule has 0 aromatic carbocycles. The number of rotatable bonds is 1. The normalized spacial score (nSPS) is 48.8. The minimum atomic E-state index is -0.621. The molecule has 3 fully saturated rings. The zero-order valence-corrected chi connectivity index (χ0v) is 16.9. The van der Waals surface area contributed by atoms with Crippen molar-refractivity contribution in [2.45, 2.75) is 71.5 Å². The van der Waals surface area contributed by atoms with Crippen LogP contribution in [0.15, 0.2) is 11.6 Å². The summed E-state index contributed by atoms with van der Waals surface area (Å²) in [5, 5.41) is 11.2. The first kappa shape index (κ1) is 19.0. The number of ketones is 1. The van der Waals surface area contributed by atoms with E-state index in [4.69, 9.17) is 4.74 Å². The van der Waals surface area contributed by atoms with Gasteiger partial charge in [0.2, 0.25) is 0 Å². The summed E-state index contributed by atoms with van der Waals surface area (Å²) in [5.41, 5.74) is 0.866. The zero-order valence-electron chi connectivity index (χ0n) is 16.9. The summed E-state index contributed by atoms with van der Waals surface area (Å²) in [6, 6.07) is 0. The standard InChI is InChI=1S/C22H32O5/c1-12-9-13-10-14(27-20(25)26-4)7-8-21(13,2)19-16(23)11-22(3)15(18(12)19)5-6-17(22)24/h9,12,14-16,18-19,23H,5-8,10-11H2,1-4H3/t12-,14-,15-,16+,18-,19?,21-,22-/m0/s1. The van der Waals surface area contributed by atoms with Crippen LogP contribution in [0.2, 0.25) is 0 Å². The second-order valence-electron chi connectivity index (χ2n) is 9.77. The maximum absolute atomic E-state index is 12.6. The van der Waals surface area contributed by atoms with Crippen molar-refractivity contribution in [1.29, 1.82) is 0 Å². The number of hydrogen-bond donors (Lipinski definition) is 1. The van der Waals surface area contributed by atoms with Gasteiger partial charge in [-0.3, -0.25) is 4.79 Å². The number of fused-ring (bicyclic) bond motifs is 5. The predicted molar refractivity (Wildman–Crippen MR) is 99.9 cm³/mol. The molecule has 4 rings (SSSR count). The van der Waals surface area contributed by atoms with Gasteiger partial charge in [-0.25, -0.2) is 4.79 Å². The molecule has 0 amide bonds. The summed E-state index contributed by atoms with van der Waals surface area (Å²) in [5.74, 6) is 1.55. The van der Waals surface area contributed by atoms with Gasteiger partial charge in [-0.15, -0.1) is 0 Å². The van der Waals surface area contributed by atoms with Gasteiger partial charge in [0.1, 0.15) is 11.9 Å². The first-order valence-corrected chi connectivity index (χ1v) is 10.4. The van der Waals surface area contributed by atoms with Crippen molar-refractivity contribution in [1.82, 2.24) is 0 Å². The fourth-order valence-corrected chi connectivity index (χ4v) is 7.15. The average molecular weight is 376 g/mol. The van der Waals surface area contributed by atoms with E-state index in [2.05, 4.69) is 31.6 Å². The van der Waals surface area contributed by atoms with E-state index in [9.17, 15) is 14.7 Å². The summed E-state index contributed by atoms with van der Waals surface area (Å²) in [7, 11) is 1.33. The highest BCUT2D eigenvalue weighted by atomic mass is 16.7. The zero-order chi connectivity index (χ0) is 19.6. The van der Waals surface area contributed by atoms with Crippen LogP contribution in [0.25, 0.3) is 0 Å². The van der Waals surface area contributed by atoms with Crippen LogP contribution in [0.3, 0.4) is 0 Å². The molecule has 8 atom stereocenters. The Bertz CT molecular complexity index is 684. The highest BCUT2D eigenvalue weighted by Gasteiger charge is 2.63. The number of ether oxygens (including phenoxy) is 2. The number of Topliss-reactive ketones (excluding diaryl/α,β-unsaturated/α-hetero) is 1. The second kappa shape index (κ2) is 6.33. The van der Waals surface area contributed by atoms with Crippen LogP contribution in [0.5, 0.6) is 0 Å². The van der Waals surface area contributed by atoms with Gasteiger partial charge >= 0.3 is 6.16 Å². The van der Waals surface area contributed by atoms with Crippen molar-refractivity contribution >= 4 is 11.9 Å².